The molecule has 0 spiro atoms. The van der Waals surface area contributed by atoms with Crippen LogP contribution in [0.25, 0.3) is 56.0 Å². The first kappa shape index (κ1) is 17.7. The van der Waals surface area contributed by atoms with E-state index in [2.05, 4.69) is 103 Å². The molecule has 146 valence electrons. The molecule has 0 aliphatic carbocycles. The van der Waals surface area contributed by atoms with Gasteiger partial charge in [-0.3, -0.25) is 0 Å². The molecular weight excluding hydrogens is 376 g/mol. The molecule has 0 amide bonds. The third-order valence-electron chi connectivity index (χ3n) is 5.88. The number of benzene rings is 5. The Labute approximate surface area is 180 Å². The average Bonchev–Trinajstić information content (AvgIpc) is 3.27. The number of hydrogen-bond donors (Lipinski definition) is 0. The Morgan fingerprint density at radius 2 is 1.19 bits per heavy atom. The molecule has 0 unspecified atom stereocenters. The Hall–Kier alpha value is -4.10. The van der Waals surface area contributed by atoms with Crippen molar-refractivity contribution in [2.45, 2.75) is 0 Å². The lowest BCUT2D eigenvalue weighted by molar-refractivity contribution is 0.631. The predicted molar refractivity (Wildman–Crippen MR) is 132 cm³/mol. The maximum absolute atomic E-state index is 5.99. The average molecular weight is 396 g/mol. The van der Waals surface area contributed by atoms with E-state index in [-0.39, 0.29) is 0 Å². The van der Waals surface area contributed by atoms with Crippen molar-refractivity contribution in [3.05, 3.63) is 120 Å². The Morgan fingerprint density at radius 1 is 0.516 bits per heavy atom. The van der Waals surface area contributed by atoms with Crippen LogP contribution in [0, 0.1) is 0 Å². The molecule has 1 heterocycles. The van der Waals surface area contributed by atoms with E-state index < -0.39 is 0 Å². The van der Waals surface area contributed by atoms with Crippen LogP contribution in [0.5, 0.6) is 0 Å². The summed E-state index contributed by atoms with van der Waals surface area (Å²) < 4.78 is 5.99. The smallest absolute Gasteiger partial charge is 0.135 e. The Kier molecular flexibility index (Phi) is 4.18. The molecule has 0 bridgehead atoms. The first-order chi connectivity index (χ1) is 15.3. The van der Waals surface area contributed by atoms with Crippen molar-refractivity contribution >= 4 is 44.7 Å². The monoisotopic (exact) mass is 396 g/mol. The molecule has 6 rings (SSSR count). The summed E-state index contributed by atoms with van der Waals surface area (Å²) in [6, 6.07) is 38.2. The van der Waals surface area contributed by atoms with Gasteiger partial charge in [-0.25, -0.2) is 0 Å². The largest absolute Gasteiger partial charge is 0.456 e. The summed E-state index contributed by atoms with van der Waals surface area (Å²) in [5.74, 6) is 0.900. The summed E-state index contributed by atoms with van der Waals surface area (Å²) in [5, 5.41) is 6.26. The Morgan fingerprint density at radius 3 is 2.00 bits per heavy atom. The predicted octanol–water partition coefficient (Wildman–Crippen LogP) is 8.58. The Balaban J connectivity index is 1.36. The molecule has 0 aliphatic heterocycles. The minimum atomic E-state index is 0.900. The molecule has 1 heteroatoms. The molecule has 0 saturated carbocycles. The molecular formula is C30H20O. The van der Waals surface area contributed by atoms with Crippen molar-refractivity contribution in [2.24, 2.45) is 0 Å². The highest BCUT2D eigenvalue weighted by molar-refractivity contribution is 6.11. The zero-order valence-corrected chi connectivity index (χ0v) is 17.0. The van der Waals surface area contributed by atoms with Crippen LogP contribution in [0.4, 0.5) is 0 Å². The highest BCUT2D eigenvalue weighted by atomic mass is 16.3. The number of rotatable bonds is 3. The van der Waals surface area contributed by atoms with E-state index in [1.54, 1.807) is 0 Å². The van der Waals surface area contributed by atoms with Gasteiger partial charge in [0.15, 0.2) is 0 Å². The normalized spacial score (nSPS) is 11.7. The lowest BCUT2D eigenvalue weighted by Crippen LogP contribution is -1.82. The lowest BCUT2D eigenvalue weighted by Gasteiger charge is -2.08. The zero-order valence-electron chi connectivity index (χ0n) is 17.0. The fraction of sp³-hybridized carbons (Fsp3) is 0. The molecule has 0 N–H and O–H groups in total. The van der Waals surface area contributed by atoms with Crippen LogP contribution in [0.2, 0.25) is 0 Å². The summed E-state index contributed by atoms with van der Waals surface area (Å²) in [4.78, 5) is 0. The molecule has 0 radical (unpaired) electrons. The van der Waals surface area contributed by atoms with Crippen molar-refractivity contribution in [1.29, 1.82) is 0 Å². The van der Waals surface area contributed by atoms with Gasteiger partial charge in [0.2, 0.25) is 0 Å². The van der Waals surface area contributed by atoms with E-state index in [1.165, 1.54) is 27.1 Å². The van der Waals surface area contributed by atoms with Gasteiger partial charge in [-0.1, -0.05) is 103 Å². The topological polar surface area (TPSA) is 13.1 Å². The van der Waals surface area contributed by atoms with E-state index >= 15 is 0 Å². The van der Waals surface area contributed by atoms with Gasteiger partial charge in [0.1, 0.15) is 11.3 Å². The van der Waals surface area contributed by atoms with E-state index in [9.17, 15) is 0 Å². The number of furan rings is 1. The van der Waals surface area contributed by atoms with Gasteiger partial charge < -0.3 is 4.42 Å². The highest BCUT2D eigenvalue weighted by Gasteiger charge is 2.06. The summed E-state index contributed by atoms with van der Waals surface area (Å²) in [5.41, 5.74) is 4.40. The summed E-state index contributed by atoms with van der Waals surface area (Å²) in [7, 11) is 0. The first-order valence-electron chi connectivity index (χ1n) is 10.5. The minimum Gasteiger partial charge on any atom is -0.456 e. The third-order valence-corrected chi connectivity index (χ3v) is 5.88. The van der Waals surface area contributed by atoms with Crippen LogP contribution >= 0.6 is 0 Å². The molecule has 6 aromatic rings. The molecule has 1 nitrogen and oxygen atoms in total. The van der Waals surface area contributed by atoms with Crippen LogP contribution < -0.4 is 0 Å². The molecule has 31 heavy (non-hydrogen) atoms. The fourth-order valence-electron chi connectivity index (χ4n) is 4.29. The number of para-hydroxylation sites is 1. The van der Waals surface area contributed by atoms with Crippen LogP contribution in [-0.4, -0.2) is 0 Å². The second-order valence-corrected chi connectivity index (χ2v) is 7.84. The van der Waals surface area contributed by atoms with E-state index in [0.717, 1.165) is 27.9 Å². The van der Waals surface area contributed by atoms with Crippen LogP contribution in [-0.2, 0) is 0 Å². The first-order valence-corrected chi connectivity index (χ1v) is 10.5. The molecule has 0 atom stereocenters. The quantitative estimate of drug-likeness (QED) is 0.216. The van der Waals surface area contributed by atoms with Gasteiger partial charge in [-0.05, 0) is 50.9 Å². The summed E-state index contributed by atoms with van der Waals surface area (Å²) in [6.45, 7) is 0. The fourth-order valence-corrected chi connectivity index (χ4v) is 4.29. The van der Waals surface area contributed by atoms with Gasteiger partial charge in [0, 0.05) is 10.9 Å². The van der Waals surface area contributed by atoms with Crippen molar-refractivity contribution in [3.63, 3.8) is 0 Å². The van der Waals surface area contributed by atoms with Crippen LogP contribution in [0.15, 0.2) is 114 Å². The maximum atomic E-state index is 5.99. The van der Waals surface area contributed by atoms with Gasteiger partial charge in [0.25, 0.3) is 0 Å². The van der Waals surface area contributed by atoms with Gasteiger partial charge in [-0.2, -0.15) is 0 Å². The number of hydrogen-bond acceptors (Lipinski definition) is 1. The maximum Gasteiger partial charge on any atom is 0.135 e. The molecule has 5 aromatic carbocycles. The molecule has 0 fully saturated rings. The summed E-state index contributed by atoms with van der Waals surface area (Å²) in [6.07, 6.45) is 4.39. The van der Waals surface area contributed by atoms with Crippen molar-refractivity contribution < 1.29 is 4.42 Å². The van der Waals surface area contributed by atoms with E-state index in [1.807, 2.05) is 18.2 Å². The van der Waals surface area contributed by atoms with Crippen molar-refractivity contribution in [3.8, 4) is 11.3 Å². The van der Waals surface area contributed by atoms with Gasteiger partial charge >= 0.3 is 0 Å². The van der Waals surface area contributed by atoms with Crippen molar-refractivity contribution in [2.75, 3.05) is 0 Å². The second-order valence-electron chi connectivity index (χ2n) is 7.84. The molecule has 0 saturated heterocycles. The molecule has 1 aromatic heterocycles. The highest BCUT2D eigenvalue weighted by Crippen LogP contribution is 2.31. The second kappa shape index (κ2) is 7.30. The van der Waals surface area contributed by atoms with Gasteiger partial charge in [-0.15, -0.1) is 0 Å². The summed E-state index contributed by atoms with van der Waals surface area (Å²) >= 11 is 0. The van der Waals surface area contributed by atoms with E-state index in [0.29, 0.717) is 0 Å². The SMILES string of the molecule is C(=Cc1cc2ccccc2c2ccccc12)c1ccc(-c2cc3ccccc3o2)cc1. The lowest BCUT2D eigenvalue weighted by atomic mass is 9.96. The van der Waals surface area contributed by atoms with Crippen molar-refractivity contribution in [1.82, 2.24) is 0 Å². The third kappa shape index (κ3) is 3.21. The zero-order chi connectivity index (χ0) is 20.6. The van der Waals surface area contributed by atoms with Crippen LogP contribution in [0.3, 0.4) is 0 Å². The van der Waals surface area contributed by atoms with E-state index in [4.69, 9.17) is 4.42 Å². The standard InChI is InChI=1S/C30H20O/c1-3-9-26-23(7-1)19-24(27-10-4-5-11-28(26)27)18-15-21-13-16-22(17-14-21)30-20-25-8-2-6-12-29(25)31-30/h1-20H. The van der Waals surface area contributed by atoms with Gasteiger partial charge in [0.05, 0.1) is 0 Å². The molecule has 0 aliphatic rings. The number of fused-ring (bicyclic) bond motifs is 4. The Bertz CT molecular complexity index is 1530. The minimum absolute atomic E-state index is 0.900. The van der Waals surface area contributed by atoms with Crippen LogP contribution in [0.1, 0.15) is 11.1 Å².